The van der Waals surface area contributed by atoms with Crippen LogP contribution in [0.1, 0.15) is 0 Å². The van der Waals surface area contributed by atoms with Crippen LogP contribution in [0.4, 0.5) is 0 Å². The number of rotatable bonds is 4. The Kier molecular flexibility index (Phi) is 3.40. The van der Waals surface area contributed by atoms with E-state index in [0.717, 1.165) is 0 Å². The van der Waals surface area contributed by atoms with Crippen LogP contribution in [0, 0.1) is 0 Å². The van der Waals surface area contributed by atoms with Gasteiger partial charge < -0.3 is 20.3 Å². The molecule has 13 heavy (non-hydrogen) atoms. The summed E-state index contributed by atoms with van der Waals surface area (Å²) in [6.45, 7) is 0.789. The second kappa shape index (κ2) is 4.57. The lowest BCUT2D eigenvalue weighted by Gasteiger charge is -2.09. The number of benzene rings is 1. The van der Waals surface area contributed by atoms with Gasteiger partial charge in [-0.2, -0.15) is 0 Å². The predicted molar refractivity (Wildman–Crippen MR) is 49.2 cm³/mol. The molecule has 0 aromatic heterocycles. The molecular weight excluding hydrogens is 170 g/mol. The molecule has 0 atom stereocenters. The quantitative estimate of drug-likeness (QED) is 0.722. The topological polar surface area (TPSA) is 64.7 Å². The second-order valence-electron chi connectivity index (χ2n) is 2.44. The van der Waals surface area contributed by atoms with Crippen LogP contribution in [-0.2, 0) is 0 Å². The van der Waals surface area contributed by atoms with E-state index in [1.54, 1.807) is 18.2 Å². The van der Waals surface area contributed by atoms with Gasteiger partial charge >= 0.3 is 0 Å². The third-order valence-corrected chi connectivity index (χ3v) is 1.56. The summed E-state index contributed by atoms with van der Waals surface area (Å²) in [5, 5.41) is 9.52. The van der Waals surface area contributed by atoms with Crippen molar-refractivity contribution in [2.75, 3.05) is 20.3 Å². The highest BCUT2D eigenvalue weighted by Gasteiger charge is 2.07. The van der Waals surface area contributed by atoms with Crippen LogP contribution in [-0.4, -0.2) is 25.4 Å². The van der Waals surface area contributed by atoms with Gasteiger partial charge in [0.2, 0.25) is 5.75 Å². The molecule has 4 nitrogen and oxygen atoms in total. The van der Waals surface area contributed by atoms with Crippen LogP contribution < -0.4 is 15.2 Å². The fourth-order valence-electron chi connectivity index (χ4n) is 0.952. The van der Waals surface area contributed by atoms with Gasteiger partial charge in [0.15, 0.2) is 11.5 Å². The molecule has 0 bridgehead atoms. The molecule has 1 aromatic carbocycles. The minimum atomic E-state index is 0.0125. The van der Waals surface area contributed by atoms with Crippen molar-refractivity contribution in [3.63, 3.8) is 0 Å². The zero-order chi connectivity index (χ0) is 9.68. The van der Waals surface area contributed by atoms with Gasteiger partial charge in [0.05, 0.1) is 7.11 Å². The molecule has 1 aromatic rings. The average molecular weight is 183 g/mol. The van der Waals surface area contributed by atoms with E-state index in [9.17, 15) is 5.11 Å². The Labute approximate surface area is 76.9 Å². The third kappa shape index (κ3) is 2.26. The Morgan fingerprint density at radius 3 is 2.69 bits per heavy atom. The molecule has 4 heteroatoms. The molecule has 0 amide bonds. The van der Waals surface area contributed by atoms with Crippen molar-refractivity contribution in [2.45, 2.75) is 0 Å². The maximum absolute atomic E-state index is 9.52. The largest absolute Gasteiger partial charge is 0.502 e. The molecule has 0 radical (unpaired) electrons. The van der Waals surface area contributed by atoms with Gasteiger partial charge in [0, 0.05) is 6.54 Å². The molecule has 0 aliphatic rings. The van der Waals surface area contributed by atoms with Crippen LogP contribution in [0.25, 0.3) is 0 Å². The number of hydrogen-bond acceptors (Lipinski definition) is 4. The molecule has 0 unspecified atom stereocenters. The van der Waals surface area contributed by atoms with E-state index in [-0.39, 0.29) is 5.75 Å². The van der Waals surface area contributed by atoms with Crippen LogP contribution in [0.3, 0.4) is 0 Å². The molecule has 0 heterocycles. The second-order valence-corrected chi connectivity index (χ2v) is 2.44. The number of ether oxygens (including phenoxy) is 2. The Bertz CT molecular complexity index is 276. The highest BCUT2D eigenvalue weighted by atomic mass is 16.5. The van der Waals surface area contributed by atoms with Crippen LogP contribution in [0.15, 0.2) is 18.2 Å². The van der Waals surface area contributed by atoms with E-state index in [2.05, 4.69) is 0 Å². The summed E-state index contributed by atoms with van der Waals surface area (Å²) in [5.74, 6) is 0.803. The fourth-order valence-corrected chi connectivity index (χ4v) is 0.952. The summed E-state index contributed by atoms with van der Waals surface area (Å²) in [4.78, 5) is 0. The number of methoxy groups -OCH3 is 1. The predicted octanol–water partition coefficient (Wildman–Crippen LogP) is 0.738. The lowest BCUT2D eigenvalue weighted by atomic mass is 10.3. The van der Waals surface area contributed by atoms with Gasteiger partial charge in [-0.15, -0.1) is 0 Å². The first-order chi connectivity index (χ1) is 6.29. The molecule has 72 valence electrons. The molecule has 0 saturated carbocycles. The summed E-state index contributed by atoms with van der Waals surface area (Å²) in [6.07, 6.45) is 0. The summed E-state index contributed by atoms with van der Waals surface area (Å²) < 4.78 is 10.1. The molecular formula is C9H13NO3. The summed E-state index contributed by atoms with van der Waals surface area (Å²) in [5.41, 5.74) is 5.26. The van der Waals surface area contributed by atoms with Gasteiger partial charge in [0.25, 0.3) is 0 Å². The Morgan fingerprint density at radius 1 is 1.38 bits per heavy atom. The maximum Gasteiger partial charge on any atom is 0.200 e. The molecule has 0 aliphatic heterocycles. The monoisotopic (exact) mass is 183 g/mol. The van der Waals surface area contributed by atoms with Crippen LogP contribution in [0.2, 0.25) is 0 Å². The van der Waals surface area contributed by atoms with E-state index >= 15 is 0 Å². The summed E-state index contributed by atoms with van der Waals surface area (Å²) in [7, 11) is 1.49. The minimum Gasteiger partial charge on any atom is -0.502 e. The smallest absolute Gasteiger partial charge is 0.200 e. The van der Waals surface area contributed by atoms with Gasteiger partial charge in [-0.1, -0.05) is 6.07 Å². The molecule has 3 N–H and O–H groups in total. The summed E-state index contributed by atoms with van der Waals surface area (Å²) in [6, 6.07) is 5.06. The lowest BCUT2D eigenvalue weighted by Crippen LogP contribution is -2.10. The lowest BCUT2D eigenvalue weighted by molar-refractivity contribution is 0.298. The van der Waals surface area contributed by atoms with Crippen LogP contribution >= 0.6 is 0 Å². The standard InChI is InChI=1S/C9H13NO3/c1-12-7-3-2-4-8(9(7)11)13-6-5-10/h2-4,11H,5-6,10H2,1H3. The van der Waals surface area contributed by atoms with Crippen molar-refractivity contribution in [3.8, 4) is 17.2 Å². The van der Waals surface area contributed by atoms with E-state index in [1.807, 2.05) is 0 Å². The van der Waals surface area contributed by atoms with Crippen molar-refractivity contribution < 1.29 is 14.6 Å². The Hall–Kier alpha value is -1.42. The first kappa shape index (κ1) is 9.67. The normalized spacial score (nSPS) is 9.69. The van der Waals surface area contributed by atoms with Crippen molar-refractivity contribution >= 4 is 0 Å². The molecule has 0 aliphatic carbocycles. The Morgan fingerprint density at radius 2 is 2.08 bits per heavy atom. The average Bonchev–Trinajstić information content (AvgIpc) is 2.16. The van der Waals surface area contributed by atoms with E-state index in [4.69, 9.17) is 15.2 Å². The first-order valence-corrected chi connectivity index (χ1v) is 3.98. The maximum atomic E-state index is 9.52. The van der Waals surface area contributed by atoms with E-state index in [1.165, 1.54) is 7.11 Å². The molecule has 0 fully saturated rings. The number of para-hydroxylation sites is 1. The number of aromatic hydroxyl groups is 1. The highest BCUT2D eigenvalue weighted by molar-refractivity contribution is 5.49. The van der Waals surface area contributed by atoms with E-state index in [0.29, 0.717) is 24.7 Å². The van der Waals surface area contributed by atoms with Gasteiger partial charge in [-0.3, -0.25) is 0 Å². The van der Waals surface area contributed by atoms with Crippen molar-refractivity contribution in [1.82, 2.24) is 0 Å². The zero-order valence-corrected chi connectivity index (χ0v) is 7.49. The van der Waals surface area contributed by atoms with Gasteiger partial charge in [-0.25, -0.2) is 0 Å². The minimum absolute atomic E-state index is 0.0125. The van der Waals surface area contributed by atoms with Gasteiger partial charge in [-0.05, 0) is 12.1 Å². The number of phenols is 1. The Balaban J connectivity index is 2.81. The molecule has 1 rings (SSSR count). The van der Waals surface area contributed by atoms with Crippen molar-refractivity contribution in [2.24, 2.45) is 5.73 Å². The van der Waals surface area contributed by atoms with Crippen LogP contribution in [0.5, 0.6) is 17.2 Å². The van der Waals surface area contributed by atoms with Crippen molar-refractivity contribution in [1.29, 1.82) is 0 Å². The molecule has 0 spiro atoms. The number of phenolic OH excluding ortho intramolecular Hbond substituents is 1. The molecule has 0 saturated heterocycles. The number of nitrogens with two attached hydrogens (primary N) is 1. The SMILES string of the molecule is COc1cccc(OCCN)c1O. The van der Waals surface area contributed by atoms with Crippen molar-refractivity contribution in [3.05, 3.63) is 18.2 Å². The highest BCUT2D eigenvalue weighted by Crippen LogP contribution is 2.35. The first-order valence-electron chi connectivity index (χ1n) is 3.98. The number of hydrogen-bond donors (Lipinski definition) is 2. The zero-order valence-electron chi connectivity index (χ0n) is 7.49. The fraction of sp³-hybridized carbons (Fsp3) is 0.333. The van der Waals surface area contributed by atoms with E-state index < -0.39 is 0 Å². The van der Waals surface area contributed by atoms with Gasteiger partial charge in [0.1, 0.15) is 6.61 Å². The third-order valence-electron chi connectivity index (χ3n) is 1.56. The summed E-state index contributed by atoms with van der Waals surface area (Å²) >= 11 is 0.